The summed E-state index contributed by atoms with van der Waals surface area (Å²) < 4.78 is 30.0. The Hall–Kier alpha value is -3.49. The lowest BCUT2D eigenvalue weighted by Gasteiger charge is -2.32. The van der Waals surface area contributed by atoms with Gasteiger partial charge in [0.15, 0.2) is 12.4 Å². The average Bonchev–Trinajstić information content (AvgIpc) is 3.68. The Labute approximate surface area is 302 Å². The minimum absolute atomic E-state index is 0.108. The summed E-state index contributed by atoms with van der Waals surface area (Å²) in [4.78, 5) is 26.3. The van der Waals surface area contributed by atoms with E-state index in [0.29, 0.717) is 12.8 Å². The van der Waals surface area contributed by atoms with Crippen LogP contribution in [-0.4, -0.2) is 103 Å². The van der Waals surface area contributed by atoms with Gasteiger partial charge in [-0.25, -0.2) is 19.6 Å². The van der Waals surface area contributed by atoms with Gasteiger partial charge in [-0.3, -0.25) is 14.3 Å². The van der Waals surface area contributed by atoms with Crippen LogP contribution in [0.1, 0.15) is 65.2 Å². The van der Waals surface area contributed by atoms with E-state index in [1.165, 1.54) is 19.8 Å². The number of nitrogens with zero attached hydrogens (tertiary/aromatic N) is 4. The number of aliphatic imine (C=N–C) groups is 3. The highest BCUT2D eigenvalue weighted by atomic mass is 31.2. The van der Waals surface area contributed by atoms with Crippen molar-refractivity contribution in [3.63, 3.8) is 0 Å². The maximum absolute atomic E-state index is 13.2. The fraction of sp³-hybridized carbons (Fsp3) is 0.556. The normalized spacial score (nSPS) is 26.8. The van der Waals surface area contributed by atoms with Crippen LogP contribution in [0.25, 0.3) is 0 Å². The van der Waals surface area contributed by atoms with Crippen molar-refractivity contribution in [3.05, 3.63) is 72.9 Å². The summed E-state index contributed by atoms with van der Waals surface area (Å²) in [6, 6.07) is -0.522. The zero-order valence-corrected chi connectivity index (χ0v) is 30.8. The highest BCUT2D eigenvalue weighted by molar-refractivity contribution is 7.51. The van der Waals surface area contributed by atoms with Crippen LogP contribution in [0.15, 0.2) is 87.9 Å². The smallest absolute Gasteiger partial charge is 0.387 e. The molecule has 1 saturated heterocycles. The monoisotopic (exact) mass is 729 g/mol. The second-order valence-electron chi connectivity index (χ2n) is 12.1. The van der Waals surface area contributed by atoms with Crippen LogP contribution < -0.4 is 16.1 Å². The van der Waals surface area contributed by atoms with E-state index in [4.69, 9.17) is 19.5 Å². The zero-order valence-electron chi connectivity index (χ0n) is 29.9. The Morgan fingerprint density at radius 2 is 1.55 bits per heavy atom. The van der Waals surface area contributed by atoms with E-state index in [9.17, 15) is 19.6 Å². The average molecular weight is 730 g/mol. The van der Waals surface area contributed by atoms with Crippen LogP contribution in [0.4, 0.5) is 0 Å². The first-order valence-electron chi connectivity index (χ1n) is 17.6. The van der Waals surface area contributed by atoms with Gasteiger partial charge in [-0.15, -0.1) is 0 Å². The number of aliphatic hydroxyl groups excluding tert-OH is 2. The Kier molecular flexibility index (Phi) is 19.0. The molecule has 3 aliphatic heterocycles. The molecule has 0 aliphatic carbocycles. The SMILES string of the molecule is CC/C=C\C/C=C\C/C=C\C/C=C\C/C=C\C/C=C\CCC(=O)NCCNP(=O)(OC)OC(C)[C@H]1O[C@@H](N2C=NC3C(N)=NC=NC32)[C@H](O)[C@@H]1O. The number of nitrogens with two attached hydrogens (primary N) is 1. The van der Waals surface area contributed by atoms with Gasteiger partial charge in [-0.2, -0.15) is 0 Å². The van der Waals surface area contributed by atoms with Gasteiger partial charge in [-0.1, -0.05) is 79.8 Å². The Balaban J connectivity index is 1.25. The summed E-state index contributed by atoms with van der Waals surface area (Å²) in [6.07, 6.45) is 28.8. The third kappa shape index (κ3) is 14.2. The number of aliphatic hydroxyl groups is 2. The molecule has 3 heterocycles. The molecule has 0 bridgehead atoms. The van der Waals surface area contributed by atoms with Crippen LogP contribution in [0.5, 0.6) is 0 Å². The number of carbonyl (C=O) groups is 1. The van der Waals surface area contributed by atoms with Gasteiger partial charge in [0.25, 0.3) is 0 Å². The zero-order chi connectivity index (χ0) is 36.9. The van der Waals surface area contributed by atoms with Crippen molar-refractivity contribution in [3.8, 4) is 0 Å². The highest BCUT2D eigenvalue weighted by Gasteiger charge is 2.52. The molecule has 282 valence electrons. The molecule has 1 fully saturated rings. The van der Waals surface area contributed by atoms with Crippen molar-refractivity contribution in [2.24, 2.45) is 20.7 Å². The molecular formula is C36H56N7O7P. The van der Waals surface area contributed by atoms with Gasteiger partial charge in [0.2, 0.25) is 5.91 Å². The maximum Gasteiger partial charge on any atom is 0.405 e. The molecule has 6 N–H and O–H groups in total. The summed E-state index contributed by atoms with van der Waals surface area (Å²) in [5.41, 5.74) is 5.91. The third-order valence-electron chi connectivity index (χ3n) is 8.14. The molecule has 0 aromatic rings. The van der Waals surface area contributed by atoms with E-state index in [0.717, 1.165) is 38.5 Å². The number of carbonyl (C=O) groups excluding carboxylic acids is 1. The molecular weight excluding hydrogens is 673 g/mol. The van der Waals surface area contributed by atoms with E-state index < -0.39 is 50.6 Å². The number of nitrogens with one attached hydrogen (secondary N) is 2. The summed E-state index contributed by atoms with van der Waals surface area (Å²) in [5.74, 6) is 0.145. The Morgan fingerprint density at radius 1 is 0.961 bits per heavy atom. The fourth-order valence-corrected chi connectivity index (χ4v) is 6.62. The van der Waals surface area contributed by atoms with E-state index in [1.807, 2.05) is 12.2 Å². The van der Waals surface area contributed by atoms with Gasteiger partial charge in [0.05, 0.1) is 12.4 Å². The maximum atomic E-state index is 13.2. The molecule has 0 spiro atoms. The number of fused-ring (bicyclic) bond motifs is 1. The van der Waals surface area contributed by atoms with Crippen molar-refractivity contribution < 1.29 is 33.4 Å². The van der Waals surface area contributed by atoms with Crippen molar-refractivity contribution >= 4 is 32.2 Å². The van der Waals surface area contributed by atoms with Gasteiger partial charge in [0.1, 0.15) is 36.5 Å². The molecule has 4 unspecified atom stereocenters. The minimum Gasteiger partial charge on any atom is -0.387 e. The van der Waals surface area contributed by atoms with E-state index in [-0.39, 0.29) is 24.8 Å². The number of hydrogen-bond acceptors (Lipinski definition) is 12. The minimum atomic E-state index is -3.85. The second kappa shape index (κ2) is 23.1. The molecule has 0 saturated carbocycles. The lowest BCUT2D eigenvalue weighted by molar-refractivity contribution is -0.120. The molecule has 51 heavy (non-hydrogen) atoms. The number of allylic oxidation sites excluding steroid dienone is 12. The highest BCUT2D eigenvalue weighted by Crippen LogP contribution is 2.45. The molecule has 0 aromatic carbocycles. The fourth-order valence-electron chi connectivity index (χ4n) is 5.39. The first-order chi connectivity index (χ1) is 24.7. The summed E-state index contributed by atoms with van der Waals surface area (Å²) in [5, 5.41) is 27.0. The lowest BCUT2D eigenvalue weighted by atomic mass is 10.1. The molecule has 3 rings (SSSR count). The first-order valence-corrected chi connectivity index (χ1v) is 19.2. The van der Waals surface area contributed by atoms with E-state index in [1.54, 1.807) is 11.8 Å². The van der Waals surface area contributed by atoms with Crippen molar-refractivity contribution in [1.82, 2.24) is 15.3 Å². The second-order valence-corrected chi connectivity index (χ2v) is 14.0. The van der Waals surface area contributed by atoms with Crippen LogP contribution in [0.3, 0.4) is 0 Å². The number of rotatable bonds is 23. The van der Waals surface area contributed by atoms with Crippen LogP contribution in [0, 0.1) is 0 Å². The van der Waals surface area contributed by atoms with Gasteiger partial charge in [0, 0.05) is 26.6 Å². The lowest BCUT2D eigenvalue weighted by Crippen LogP contribution is -2.51. The number of amides is 1. The van der Waals surface area contributed by atoms with Gasteiger partial charge < -0.3 is 35.4 Å². The number of amidine groups is 1. The van der Waals surface area contributed by atoms with Gasteiger partial charge in [-0.05, 0) is 51.9 Å². The van der Waals surface area contributed by atoms with Crippen LogP contribution >= 0.6 is 7.75 Å². The molecule has 0 radical (unpaired) electrons. The number of ether oxygens (including phenoxy) is 1. The van der Waals surface area contributed by atoms with Crippen LogP contribution in [0.2, 0.25) is 0 Å². The summed E-state index contributed by atoms with van der Waals surface area (Å²) in [6.45, 7) is 3.99. The molecule has 8 atom stereocenters. The van der Waals surface area contributed by atoms with Crippen molar-refractivity contribution in [1.29, 1.82) is 0 Å². The molecule has 0 aromatic heterocycles. The number of hydrogen-bond donors (Lipinski definition) is 5. The van der Waals surface area contributed by atoms with Gasteiger partial charge >= 0.3 is 7.75 Å². The van der Waals surface area contributed by atoms with E-state index in [2.05, 4.69) is 93.1 Å². The van der Waals surface area contributed by atoms with E-state index >= 15 is 0 Å². The largest absolute Gasteiger partial charge is 0.405 e. The molecule has 15 heteroatoms. The summed E-state index contributed by atoms with van der Waals surface area (Å²) >= 11 is 0. The standard InChI is InChI=1S/C36H56N7O7P/c1-4-5-6-7-8-9-10-11-12-13-14-15-16-17-18-19-20-21-22-23-29(44)38-24-25-42-51(47,48-3)50-28(2)33-31(45)32(46)36(49-33)43-27-41-30-34(37)39-26-40-35(30)43/h5-6,8-9,11-12,14-15,17-18,20-21,26-28,30-33,35-36,45-46H,4,7,10,13,16,19,22-25H2,1-3H3,(H,38,44)(H,42,47)(H2,37,39,40)/b6-5-,9-8-,12-11-,15-14-,18-17-,21-20-/t28?,30?,31-,32+,33+,35?,36+,51?/m0/s1. The van der Waals surface area contributed by atoms with Crippen molar-refractivity contribution in [2.45, 2.75) is 108 Å². The first kappa shape index (κ1) is 41.9. The van der Waals surface area contributed by atoms with Crippen molar-refractivity contribution in [2.75, 3.05) is 20.2 Å². The third-order valence-corrected chi connectivity index (χ3v) is 9.84. The Bertz CT molecular complexity index is 1390. The topological polar surface area (TPSA) is 193 Å². The molecule has 14 nitrogen and oxygen atoms in total. The predicted molar refractivity (Wildman–Crippen MR) is 202 cm³/mol. The predicted octanol–water partition coefficient (Wildman–Crippen LogP) is 4.21. The molecule has 3 aliphatic rings. The van der Waals surface area contributed by atoms with Crippen LogP contribution in [-0.2, 0) is 23.1 Å². The molecule has 1 amide bonds. The summed E-state index contributed by atoms with van der Waals surface area (Å²) in [7, 11) is -2.62. The quantitative estimate of drug-likeness (QED) is 0.0578. The Morgan fingerprint density at radius 3 is 2.14 bits per heavy atom.